The van der Waals surface area contributed by atoms with Crippen LogP contribution in [0.25, 0.3) is 0 Å². The molecule has 1 amide bonds. The predicted octanol–water partition coefficient (Wildman–Crippen LogP) is 2.14. The number of nitrogens with zero attached hydrogens (tertiary/aromatic N) is 1. The summed E-state index contributed by atoms with van der Waals surface area (Å²) in [4.78, 5) is 14.0. The van der Waals surface area contributed by atoms with E-state index in [1.807, 2.05) is 6.92 Å². The van der Waals surface area contributed by atoms with Gasteiger partial charge in [-0.3, -0.25) is 4.79 Å². The first kappa shape index (κ1) is 18.8. The van der Waals surface area contributed by atoms with Gasteiger partial charge in [0.2, 0.25) is 5.91 Å². The number of amides is 1. The third kappa shape index (κ3) is 4.38. The van der Waals surface area contributed by atoms with E-state index in [2.05, 4.69) is 5.32 Å². The summed E-state index contributed by atoms with van der Waals surface area (Å²) in [5, 5.41) is 2.97. The van der Waals surface area contributed by atoms with Crippen molar-refractivity contribution in [2.75, 3.05) is 33.3 Å². The van der Waals surface area contributed by atoms with Gasteiger partial charge in [-0.2, -0.15) is 0 Å². The van der Waals surface area contributed by atoms with Crippen LogP contribution in [0.4, 0.5) is 8.78 Å². The van der Waals surface area contributed by atoms with Gasteiger partial charge in [0.05, 0.1) is 13.2 Å². The van der Waals surface area contributed by atoms with Gasteiger partial charge in [0.1, 0.15) is 6.10 Å². The van der Waals surface area contributed by atoms with Gasteiger partial charge in [0.25, 0.3) is 0 Å². The van der Waals surface area contributed by atoms with E-state index in [-0.39, 0.29) is 24.2 Å². The fraction of sp³-hybridized carbons (Fsp3) is 0.533. The first-order valence-corrected chi connectivity index (χ1v) is 7.03. The second kappa shape index (κ2) is 8.41. The van der Waals surface area contributed by atoms with Crippen molar-refractivity contribution in [1.82, 2.24) is 10.2 Å². The molecule has 0 saturated carbocycles. The largest absolute Gasteiger partial charge is 0.370 e. The first-order chi connectivity index (χ1) is 10.0. The monoisotopic (exact) mass is 334 g/mol. The minimum absolute atomic E-state index is 0. The molecule has 7 heteroatoms. The summed E-state index contributed by atoms with van der Waals surface area (Å²) in [5.74, 6) is -1.87. The summed E-state index contributed by atoms with van der Waals surface area (Å²) < 4.78 is 31.9. The SMILES string of the molecule is CNCC(C)C(=O)N1CCOC(c2ccc(F)c(F)c2)C1.Cl. The third-order valence-corrected chi connectivity index (χ3v) is 3.63. The molecule has 2 unspecified atom stereocenters. The normalized spacial score (nSPS) is 19.5. The summed E-state index contributed by atoms with van der Waals surface area (Å²) in [6, 6.07) is 3.71. The van der Waals surface area contributed by atoms with Gasteiger partial charge < -0.3 is 15.0 Å². The molecular weight excluding hydrogens is 314 g/mol. The molecule has 1 fully saturated rings. The number of carbonyl (C=O) groups is 1. The maximum atomic E-state index is 13.3. The minimum Gasteiger partial charge on any atom is -0.370 e. The standard InChI is InChI=1S/C15H20F2N2O2.ClH/c1-10(8-18-2)15(20)19-5-6-21-14(9-19)11-3-4-12(16)13(17)7-11;/h3-4,7,10,14,18H,5-6,8-9H2,1-2H3;1H. The summed E-state index contributed by atoms with van der Waals surface area (Å²) in [5.41, 5.74) is 0.549. The molecule has 1 heterocycles. The Kier molecular flexibility index (Phi) is 7.19. The Labute approximate surface area is 135 Å². The van der Waals surface area contributed by atoms with Crippen LogP contribution in [-0.2, 0) is 9.53 Å². The zero-order chi connectivity index (χ0) is 15.4. The second-order valence-corrected chi connectivity index (χ2v) is 5.28. The highest BCUT2D eigenvalue weighted by Gasteiger charge is 2.28. The van der Waals surface area contributed by atoms with Crippen LogP contribution in [0.2, 0.25) is 0 Å². The Hall–Kier alpha value is -1.24. The van der Waals surface area contributed by atoms with Crippen LogP contribution in [-0.4, -0.2) is 44.1 Å². The van der Waals surface area contributed by atoms with Gasteiger partial charge in [0, 0.05) is 19.0 Å². The molecule has 1 saturated heterocycles. The molecule has 2 rings (SSSR count). The van der Waals surface area contributed by atoms with Gasteiger partial charge in [-0.05, 0) is 24.7 Å². The molecule has 1 N–H and O–H groups in total. The lowest BCUT2D eigenvalue weighted by Gasteiger charge is -2.34. The molecule has 2 atom stereocenters. The Morgan fingerprint density at radius 2 is 2.18 bits per heavy atom. The van der Waals surface area contributed by atoms with Crippen LogP contribution in [0.3, 0.4) is 0 Å². The van der Waals surface area contributed by atoms with Crippen LogP contribution in [0, 0.1) is 17.6 Å². The minimum atomic E-state index is -0.900. The van der Waals surface area contributed by atoms with Crippen molar-refractivity contribution in [3.8, 4) is 0 Å². The zero-order valence-corrected chi connectivity index (χ0v) is 13.5. The van der Waals surface area contributed by atoms with Crippen LogP contribution in [0.1, 0.15) is 18.6 Å². The second-order valence-electron chi connectivity index (χ2n) is 5.28. The van der Waals surface area contributed by atoms with Crippen LogP contribution in [0.5, 0.6) is 0 Å². The van der Waals surface area contributed by atoms with E-state index in [1.165, 1.54) is 6.07 Å². The molecule has 0 aromatic heterocycles. The van der Waals surface area contributed by atoms with Crippen LogP contribution in [0.15, 0.2) is 18.2 Å². The third-order valence-electron chi connectivity index (χ3n) is 3.63. The van der Waals surface area contributed by atoms with E-state index < -0.39 is 17.7 Å². The summed E-state index contributed by atoms with van der Waals surface area (Å²) in [6.07, 6.45) is -0.417. The number of hydrogen-bond donors (Lipinski definition) is 1. The maximum absolute atomic E-state index is 13.3. The molecule has 0 spiro atoms. The number of hydrogen-bond acceptors (Lipinski definition) is 3. The molecule has 1 aromatic rings. The number of ether oxygens (including phenoxy) is 1. The fourth-order valence-electron chi connectivity index (χ4n) is 2.47. The van der Waals surface area contributed by atoms with Gasteiger partial charge in [0.15, 0.2) is 11.6 Å². The molecular formula is C15H21ClF2N2O2. The molecule has 1 aliphatic heterocycles. The van der Waals surface area contributed by atoms with Crippen LogP contribution < -0.4 is 5.32 Å². The van der Waals surface area contributed by atoms with Crippen molar-refractivity contribution in [1.29, 1.82) is 0 Å². The lowest BCUT2D eigenvalue weighted by Crippen LogP contribution is -2.46. The highest BCUT2D eigenvalue weighted by Crippen LogP contribution is 2.24. The van der Waals surface area contributed by atoms with E-state index >= 15 is 0 Å². The number of morpholine rings is 1. The molecule has 124 valence electrons. The molecule has 1 aromatic carbocycles. The molecule has 0 aliphatic carbocycles. The topological polar surface area (TPSA) is 41.6 Å². The van der Waals surface area contributed by atoms with Crippen molar-refractivity contribution in [3.63, 3.8) is 0 Å². The lowest BCUT2D eigenvalue weighted by atomic mass is 10.1. The Morgan fingerprint density at radius 3 is 2.82 bits per heavy atom. The molecule has 0 bridgehead atoms. The number of carbonyl (C=O) groups excluding carboxylic acids is 1. The summed E-state index contributed by atoms with van der Waals surface area (Å²) in [6.45, 7) is 3.74. The highest BCUT2D eigenvalue weighted by molar-refractivity contribution is 5.85. The van der Waals surface area contributed by atoms with Crippen molar-refractivity contribution in [2.45, 2.75) is 13.0 Å². The van der Waals surface area contributed by atoms with E-state index in [1.54, 1.807) is 11.9 Å². The van der Waals surface area contributed by atoms with Crippen molar-refractivity contribution in [3.05, 3.63) is 35.4 Å². The highest BCUT2D eigenvalue weighted by atomic mass is 35.5. The Balaban J connectivity index is 0.00000242. The lowest BCUT2D eigenvalue weighted by molar-refractivity contribution is -0.142. The van der Waals surface area contributed by atoms with E-state index in [4.69, 9.17) is 4.74 Å². The van der Waals surface area contributed by atoms with E-state index in [9.17, 15) is 13.6 Å². The fourth-order valence-corrected chi connectivity index (χ4v) is 2.47. The van der Waals surface area contributed by atoms with Crippen LogP contribution >= 0.6 is 12.4 Å². The first-order valence-electron chi connectivity index (χ1n) is 7.03. The van der Waals surface area contributed by atoms with Crippen molar-refractivity contribution < 1.29 is 18.3 Å². The van der Waals surface area contributed by atoms with E-state index in [0.29, 0.717) is 31.8 Å². The van der Waals surface area contributed by atoms with Gasteiger partial charge in [-0.1, -0.05) is 13.0 Å². The van der Waals surface area contributed by atoms with Crippen molar-refractivity contribution in [2.24, 2.45) is 5.92 Å². The average Bonchev–Trinajstić information content (AvgIpc) is 2.49. The number of benzene rings is 1. The van der Waals surface area contributed by atoms with Gasteiger partial charge >= 0.3 is 0 Å². The molecule has 0 radical (unpaired) electrons. The summed E-state index contributed by atoms with van der Waals surface area (Å²) in [7, 11) is 1.80. The van der Waals surface area contributed by atoms with E-state index in [0.717, 1.165) is 12.1 Å². The predicted molar refractivity (Wildman–Crippen MR) is 82.0 cm³/mol. The Morgan fingerprint density at radius 1 is 1.45 bits per heavy atom. The number of rotatable bonds is 4. The molecule has 4 nitrogen and oxygen atoms in total. The Bertz CT molecular complexity index is 516. The average molecular weight is 335 g/mol. The maximum Gasteiger partial charge on any atom is 0.226 e. The smallest absolute Gasteiger partial charge is 0.226 e. The number of halogens is 3. The quantitative estimate of drug-likeness (QED) is 0.917. The van der Waals surface area contributed by atoms with Crippen molar-refractivity contribution >= 4 is 18.3 Å². The molecule has 1 aliphatic rings. The van der Waals surface area contributed by atoms with Gasteiger partial charge in [-0.15, -0.1) is 12.4 Å². The summed E-state index contributed by atoms with van der Waals surface area (Å²) >= 11 is 0. The van der Waals surface area contributed by atoms with Gasteiger partial charge in [-0.25, -0.2) is 8.78 Å². The molecule has 22 heavy (non-hydrogen) atoms. The zero-order valence-electron chi connectivity index (χ0n) is 12.6. The number of nitrogens with one attached hydrogen (secondary N) is 1.